The lowest BCUT2D eigenvalue weighted by Crippen LogP contribution is -2.57. The van der Waals surface area contributed by atoms with E-state index >= 15 is 0 Å². The number of halogens is 1. The van der Waals surface area contributed by atoms with Crippen molar-refractivity contribution in [3.63, 3.8) is 0 Å². The van der Waals surface area contributed by atoms with E-state index in [1.807, 2.05) is 24.3 Å². The van der Waals surface area contributed by atoms with Crippen LogP contribution in [0.5, 0.6) is 5.75 Å². The predicted octanol–water partition coefficient (Wildman–Crippen LogP) is 3.11. The summed E-state index contributed by atoms with van der Waals surface area (Å²) in [4.78, 5) is 10.7. The second kappa shape index (κ2) is 7.15. The molecule has 25 heavy (non-hydrogen) atoms. The molecule has 6 nitrogen and oxygen atoms in total. The second-order valence-corrected chi connectivity index (χ2v) is 6.96. The van der Waals surface area contributed by atoms with Crippen LogP contribution in [0.15, 0.2) is 36.5 Å². The van der Waals surface area contributed by atoms with Gasteiger partial charge in [0.25, 0.3) is 0 Å². The Kier molecular flexibility index (Phi) is 4.74. The van der Waals surface area contributed by atoms with Gasteiger partial charge in [0, 0.05) is 36.8 Å². The van der Waals surface area contributed by atoms with E-state index in [0.29, 0.717) is 23.2 Å². The van der Waals surface area contributed by atoms with Crippen molar-refractivity contribution in [2.45, 2.75) is 31.0 Å². The molecule has 2 bridgehead atoms. The molecule has 2 saturated heterocycles. The molecule has 3 heterocycles. The average Bonchev–Trinajstić information content (AvgIpc) is 2.58. The molecule has 4 rings (SSSR count). The van der Waals surface area contributed by atoms with Crippen molar-refractivity contribution in [3.8, 4) is 5.75 Å². The Hall–Kier alpha value is -1.89. The van der Waals surface area contributed by atoms with E-state index in [2.05, 4.69) is 27.2 Å². The molecule has 0 radical (unpaired) electrons. The Morgan fingerprint density at radius 1 is 1.16 bits per heavy atom. The number of fused-ring (bicyclic) bond motifs is 2. The summed E-state index contributed by atoms with van der Waals surface area (Å²) in [5.74, 6) is 1.36. The van der Waals surface area contributed by atoms with Crippen LogP contribution in [0.4, 0.5) is 11.6 Å². The summed E-state index contributed by atoms with van der Waals surface area (Å²) < 4.78 is 11.9. The average molecular weight is 361 g/mol. The van der Waals surface area contributed by atoms with Gasteiger partial charge in [-0.3, -0.25) is 4.90 Å². The lowest BCUT2D eigenvalue weighted by atomic mass is 9.92. The van der Waals surface area contributed by atoms with E-state index in [0.717, 1.165) is 37.5 Å². The summed E-state index contributed by atoms with van der Waals surface area (Å²) in [6, 6.07) is 10.4. The van der Waals surface area contributed by atoms with Crippen LogP contribution >= 0.6 is 11.6 Å². The van der Waals surface area contributed by atoms with Gasteiger partial charge in [-0.15, -0.1) is 0 Å². The first-order chi connectivity index (χ1) is 12.2. The number of benzene rings is 1. The predicted molar refractivity (Wildman–Crippen MR) is 96.6 cm³/mol. The summed E-state index contributed by atoms with van der Waals surface area (Å²) in [5, 5.41) is 3.54. The highest BCUT2D eigenvalue weighted by atomic mass is 35.5. The van der Waals surface area contributed by atoms with Gasteiger partial charge in [-0.05, 0) is 37.4 Å². The molecule has 132 valence electrons. The van der Waals surface area contributed by atoms with Crippen molar-refractivity contribution in [1.82, 2.24) is 14.9 Å². The quantitative estimate of drug-likeness (QED) is 0.845. The third-order valence-electron chi connectivity index (χ3n) is 4.88. The molecular formula is C18H21ClN4O2. The molecule has 2 aromatic rings. The Balaban J connectivity index is 1.37. The van der Waals surface area contributed by atoms with Crippen LogP contribution in [0.3, 0.4) is 0 Å². The molecule has 0 amide bonds. The smallest absolute Gasteiger partial charge is 0.228 e. The number of nitrogens with zero attached hydrogens (tertiary/aromatic N) is 3. The van der Waals surface area contributed by atoms with E-state index in [1.54, 1.807) is 12.3 Å². The zero-order chi connectivity index (χ0) is 17.2. The van der Waals surface area contributed by atoms with E-state index < -0.39 is 0 Å². The van der Waals surface area contributed by atoms with E-state index in [9.17, 15) is 0 Å². The third-order valence-corrected chi connectivity index (χ3v) is 5.09. The molecule has 2 aliphatic heterocycles. The highest BCUT2D eigenvalue weighted by Gasteiger charge is 2.37. The van der Waals surface area contributed by atoms with Crippen LogP contribution in [-0.4, -0.2) is 53.3 Å². The fraction of sp³-hybridized carbons (Fsp3) is 0.444. The molecule has 0 spiro atoms. The van der Waals surface area contributed by atoms with Crippen LogP contribution in [0.25, 0.3) is 0 Å². The van der Waals surface area contributed by atoms with Crippen molar-refractivity contribution < 1.29 is 9.47 Å². The number of ether oxygens (including phenoxy) is 2. The number of morpholine rings is 1. The van der Waals surface area contributed by atoms with Crippen molar-refractivity contribution >= 4 is 23.2 Å². The molecule has 0 unspecified atom stereocenters. The fourth-order valence-electron chi connectivity index (χ4n) is 3.48. The van der Waals surface area contributed by atoms with E-state index in [-0.39, 0.29) is 6.10 Å². The van der Waals surface area contributed by atoms with Gasteiger partial charge in [0.15, 0.2) is 0 Å². The molecule has 1 aromatic carbocycles. The van der Waals surface area contributed by atoms with Crippen LogP contribution < -0.4 is 10.1 Å². The number of aromatic nitrogens is 2. The SMILES string of the molecule is CN1[C@@H]2COC[C@@H]1CC(Oc1ccc(Nc3nccc(Cl)n3)cc1)C2. The van der Waals surface area contributed by atoms with Gasteiger partial charge < -0.3 is 14.8 Å². The summed E-state index contributed by atoms with van der Waals surface area (Å²) in [6.07, 6.45) is 3.87. The van der Waals surface area contributed by atoms with Crippen LogP contribution in [0.2, 0.25) is 5.15 Å². The van der Waals surface area contributed by atoms with Crippen molar-refractivity contribution in [1.29, 1.82) is 0 Å². The largest absolute Gasteiger partial charge is 0.490 e. The Bertz CT molecular complexity index is 713. The molecule has 0 saturated carbocycles. The minimum absolute atomic E-state index is 0.241. The fourth-order valence-corrected chi connectivity index (χ4v) is 3.61. The van der Waals surface area contributed by atoms with Gasteiger partial charge in [0.05, 0.1) is 13.2 Å². The van der Waals surface area contributed by atoms with Gasteiger partial charge in [-0.25, -0.2) is 9.97 Å². The highest BCUT2D eigenvalue weighted by molar-refractivity contribution is 6.29. The van der Waals surface area contributed by atoms with Crippen LogP contribution in [0, 0.1) is 0 Å². The van der Waals surface area contributed by atoms with Crippen molar-refractivity contribution in [2.75, 3.05) is 25.6 Å². The molecular weight excluding hydrogens is 340 g/mol. The first kappa shape index (κ1) is 16.6. The topological polar surface area (TPSA) is 59.5 Å². The number of likely N-dealkylation sites (N-methyl/N-ethyl adjacent to an activating group) is 1. The number of piperidine rings is 1. The lowest BCUT2D eigenvalue weighted by molar-refractivity contribution is -0.0879. The van der Waals surface area contributed by atoms with E-state index in [1.165, 1.54) is 0 Å². The number of hydrogen-bond donors (Lipinski definition) is 1. The van der Waals surface area contributed by atoms with Crippen LogP contribution in [0.1, 0.15) is 12.8 Å². The molecule has 7 heteroatoms. The van der Waals surface area contributed by atoms with Gasteiger partial charge in [0.2, 0.25) is 5.95 Å². The molecule has 0 aliphatic carbocycles. The van der Waals surface area contributed by atoms with E-state index in [4.69, 9.17) is 21.1 Å². The minimum Gasteiger partial charge on any atom is -0.490 e. The standard InChI is InChI=1S/C18H21ClN4O2/c1-23-13-8-16(9-14(23)11-24-10-13)25-15-4-2-12(3-5-15)21-18-20-7-6-17(19)22-18/h2-7,13-14,16H,8-11H2,1H3,(H,20,21,22)/t13-,14-/m0/s1. The molecule has 1 N–H and O–H groups in total. The van der Waals surface area contributed by atoms with Crippen molar-refractivity contribution in [2.24, 2.45) is 0 Å². The van der Waals surface area contributed by atoms with Gasteiger partial charge in [0.1, 0.15) is 17.0 Å². The zero-order valence-corrected chi connectivity index (χ0v) is 14.8. The highest BCUT2D eigenvalue weighted by Crippen LogP contribution is 2.29. The van der Waals surface area contributed by atoms with Gasteiger partial charge >= 0.3 is 0 Å². The lowest BCUT2D eigenvalue weighted by Gasteiger charge is -2.46. The normalized spacial score (nSPS) is 26.2. The van der Waals surface area contributed by atoms with Crippen LogP contribution in [-0.2, 0) is 4.74 Å². The maximum Gasteiger partial charge on any atom is 0.228 e. The number of anilines is 2. The number of hydrogen-bond acceptors (Lipinski definition) is 6. The minimum atomic E-state index is 0.241. The van der Waals surface area contributed by atoms with Crippen molar-refractivity contribution in [3.05, 3.63) is 41.7 Å². The maximum absolute atomic E-state index is 6.20. The van der Waals surface area contributed by atoms with Gasteiger partial charge in [-0.2, -0.15) is 0 Å². The molecule has 1 aromatic heterocycles. The Labute approximate surface area is 152 Å². The van der Waals surface area contributed by atoms with Gasteiger partial charge in [-0.1, -0.05) is 11.6 Å². The summed E-state index contributed by atoms with van der Waals surface area (Å²) in [7, 11) is 2.19. The maximum atomic E-state index is 6.20. The molecule has 2 fully saturated rings. The number of nitrogens with one attached hydrogen (secondary N) is 1. The summed E-state index contributed by atoms with van der Waals surface area (Å²) >= 11 is 5.87. The Morgan fingerprint density at radius 2 is 1.88 bits per heavy atom. The second-order valence-electron chi connectivity index (χ2n) is 6.57. The number of rotatable bonds is 4. The zero-order valence-electron chi connectivity index (χ0n) is 14.1. The first-order valence-corrected chi connectivity index (χ1v) is 8.87. The Morgan fingerprint density at radius 3 is 2.56 bits per heavy atom. The molecule has 2 atom stereocenters. The summed E-state index contributed by atoms with van der Waals surface area (Å²) in [5.41, 5.74) is 0.892. The molecule has 2 aliphatic rings. The monoisotopic (exact) mass is 360 g/mol. The third kappa shape index (κ3) is 3.86. The first-order valence-electron chi connectivity index (χ1n) is 8.49. The summed E-state index contributed by atoms with van der Waals surface area (Å²) in [6.45, 7) is 1.60.